The number of hydrogen-bond acceptors (Lipinski definition) is 5. The lowest BCUT2D eigenvalue weighted by molar-refractivity contribution is -0.119. The van der Waals surface area contributed by atoms with Crippen LogP contribution in [0.5, 0.6) is 0 Å². The molecule has 2 amide bonds. The van der Waals surface area contributed by atoms with E-state index >= 15 is 0 Å². The van der Waals surface area contributed by atoms with Crippen LogP contribution in [0.15, 0.2) is 46.9 Å². The number of nitrogens with zero attached hydrogens (tertiary/aromatic N) is 1. The third-order valence-electron chi connectivity index (χ3n) is 2.77. The minimum atomic E-state index is -0.322. The van der Waals surface area contributed by atoms with Crippen LogP contribution in [0.3, 0.4) is 0 Å². The Hall–Kier alpha value is -2.32. The van der Waals surface area contributed by atoms with Crippen molar-refractivity contribution in [1.29, 1.82) is 0 Å². The summed E-state index contributed by atoms with van der Waals surface area (Å²) in [6.45, 7) is 0. The SMILES string of the molecule is O=C(CSc1nc2ccccc2[nH]1)NNC(=O)c1cccs1. The van der Waals surface area contributed by atoms with Crippen molar-refractivity contribution in [1.82, 2.24) is 20.8 Å². The van der Waals surface area contributed by atoms with Crippen molar-refractivity contribution >= 4 is 45.9 Å². The molecule has 22 heavy (non-hydrogen) atoms. The first-order valence-electron chi connectivity index (χ1n) is 6.42. The van der Waals surface area contributed by atoms with E-state index in [-0.39, 0.29) is 17.6 Å². The highest BCUT2D eigenvalue weighted by atomic mass is 32.2. The number of fused-ring (bicyclic) bond motifs is 1. The molecule has 1 aromatic carbocycles. The Labute approximate surface area is 134 Å². The van der Waals surface area contributed by atoms with Gasteiger partial charge in [0.1, 0.15) is 0 Å². The van der Waals surface area contributed by atoms with E-state index in [1.807, 2.05) is 24.3 Å². The molecular weight excluding hydrogens is 320 g/mol. The maximum atomic E-state index is 11.7. The topological polar surface area (TPSA) is 86.9 Å². The average Bonchev–Trinajstić information content (AvgIpc) is 3.19. The molecule has 0 aliphatic rings. The van der Waals surface area contributed by atoms with Crippen LogP contribution < -0.4 is 10.9 Å². The lowest BCUT2D eigenvalue weighted by Gasteiger charge is -2.05. The quantitative estimate of drug-likeness (QED) is 0.505. The van der Waals surface area contributed by atoms with Crippen LogP contribution in [0, 0.1) is 0 Å². The summed E-state index contributed by atoms with van der Waals surface area (Å²) in [7, 11) is 0. The number of thioether (sulfide) groups is 1. The van der Waals surface area contributed by atoms with E-state index in [9.17, 15) is 9.59 Å². The van der Waals surface area contributed by atoms with Gasteiger partial charge < -0.3 is 4.98 Å². The number of nitrogens with one attached hydrogen (secondary N) is 3. The first-order valence-corrected chi connectivity index (χ1v) is 8.29. The van der Waals surface area contributed by atoms with Gasteiger partial charge in [-0.3, -0.25) is 20.4 Å². The number of H-pyrrole nitrogens is 1. The molecular formula is C14H12N4O2S2. The number of amides is 2. The molecule has 0 radical (unpaired) electrons. The van der Waals surface area contributed by atoms with Crippen molar-refractivity contribution in [2.24, 2.45) is 0 Å². The van der Waals surface area contributed by atoms with Gasteiger partial charge in [0.2, 0.25) is 5.91 Å². The largest absolute Gasteiger partial charge is 0.333 e. The highest BCUT2D eigenvalue weighted by molar-refractivity contribution is 7.99. The standard InChI is InChI=1S/C14H12N4O2S2/c19-12(17-18-13(20)11-6-3-7-21-11)8-22-14-15-9-4-1-2-5-10(9)16-14/h1-7H,8H2,(H,15,16)(H,17,19)(H,18,20). The lowest BCUT2D eigenvalue weighted by Crippen LogP contribution is -2.42. The molecule has 0 unspecified atom stereocenters. The summed E-state index contributed by atoms with van der Waals surface area (Å²) in [5.41, 5.74) is 6.54. The van der Waals surface area contributed by atoms with Gasteiger partial charge >= 0.3 is 0 Å². The Morgan fingerprint density at radius 3 is 2.82 bits per heavy atom. The maximum absolute atomic E-state index is 11.7. The third kappa shape index (κ3) is 3.46. The number of benzene rings is 1. The fraction of sp³-hybridized carbons (Fsp3) is 0.0714. The molecule has 0 spiro atoms. The van der Waals surface area contributed by atoms with Gasteiger partial charge in [0, 0.05) is 0 Å². The first-order chi connectivity index (χ1) is 10.7. The zero-order valence-electron chi connectivity index (χ0n) is 11.3. The predicted molar refractivity (Wildman–Crippen MR) is 86.7 cm³/mol. The second kappa shape index (κ2) is 6.63. The minimum Gasteiger partial charge on any atom is -0.333 e. The number of hydrogen-bond donors (Lipinski definition) is 3. The molecule has 3 rings (SSSR count). The summed E-state index contributed by atoms with van der Waals surface area (Å²) in [6.07, 6.45) is 0. The van der Waals surface area contributed by atoms with E-state index in [0.29, 0.717) is 10.0 Å². The number of thiophene rings is 1. The summed E-state index contributed by atoms with van der Waals surface area (Å²) in [4.78, 5) is 31.4. The van der Waals surface area contributed by atoms with Gasteiger partial charge in [-0.2, -0.15) is 0 Å². The zero-order chi connectivity index (χ0) is 15.4. The Bertz CT molecular complexity index is 765. The van der Waals surface area contributed by atoms with E-state index < -0.39 is 0 Å². The summed E-state index contributed by atoms with van der Waals surface area (Å²) < 4.78 is 0. The van der Waals surface area contributed by atoms with Crippen molar-refractivity contribution in [3.05, 3.63) is 46.7 Å². The van der Waals surface area contributed by atoms with Crippen LogP contribution in [-0.2, 0) is 4.79 Å². The van der Waals surface area contributed by atoms with Crippen LogP contribution in [0.25, 0.3) is 11.0 Å². The zero-order valence-corrected chi connectivity index (χ0v) is 13.0. The molecule has 0 bridgehead atoms. The highest BCUT2D eigenvalue weighted by Gasteiger charge is 2.09. The van der Waals surface area contributed by atoms with Gasteiger partial charge in [-0.25, -0.2) is 4.98 Å². The van der Waals surface area contributed by atoms with Crippen LogP contribution in [0.4, 0.5) is 0 Å². The molecule has 0 atom stereocenters. The maximum Gasteiger partial charge on any atom is 0.279 e. The monoisotopic (exact) mass is 332 g/mol. The number of hydrazine groups is 1. The Morgan fingerprint density at radius 1 is 1.18 bits per heavy atom. The summed E-state index contributed by atoms with van der Waals surface area (Å²) in [5.74, 6) is -0.461. The number of aromatic nitrogens is 2. The highest BCUT2D eigenvalue weighted by Crippen LogP contribution is 2.18. The van der Waals surface area contributed by atoms with Gasteiger partial charge in [-0.05, 0) is 23.6 Å². The molecule has 2 aromatic heterocycles. The summed E-state index contributed by atoms with van der Waals surface area (Å²) in [6, 6.07) is 11.1. The molecule has 0 aliphatic carbocycles. The summed E-state index contributed by atoms with van der Waals surface area (Å²) in [5, 5.41) is 2.47. The molecule has 0 aliphatic heterocycles. The van der Waals surface area contributed by atoms with E-state index in [0.717, 1.165) is 11.0 Å². The molecule has 0 saturated carbocycles. The second-order valence-corrected chi connectivity index (χ2v) is 6.24. The van der Waals surface area contributed by atoms with Crippen LogP contribution in [0.1, 0.15) is 9.67 Å². The van der Waals surface area contributed by atoms with Crippen LogP contribution >= 0.6 is 23.1 Å². The van der Waals surface area contributed by atoms with Gasteiger partial charge in [-0.15, -0.1) is 11.3 Å². The van der Waals surface area contributed by atoms with Crippen molar-refractivity contribution < 1.29 is 9.59 Å². The molecule has 2 heterocycles. The first kappa shape index (κ1) is 14.6. The Balaban J connectivity index is 1.49. The molecule has 3 N–H and O–H groups in total. The number of aromatic amines is 1. The normalized spacial score (nSPS) is 10.5. The number of rotatable bonds is 4. The van der Waals surface area contributed by atoms with Crippen molar-refractivity contribution in [3.8, 4) is 0 Å². The number of carbonyl (C=O) groups is 2. The fourth-order valence-electron chi connectivity index (χ4n) is 1.76. The van der Waals surface area contributed by atoms with E-state index in [4.69, 9.17) is 0 Å². The molecule has 0 fully saturated rings. The molecule has 3 aromatic rings. The molecule has 8 heteroatoms. The van der Waals surface area contributed by atoms with Crippen molar-refractivity contribution in [3.63, 3.8) is 0 Å². The number of carbonyl (C=O) groups excluding carboxylic acids is 2. The molecule has 0 saturated heterocycles. The third-order valence-corrected chi connectivity index (χ3v) is 4.51. The average molecular weight is 332 g/mol. The van der Waals surface area contributed by atoms with E-state index in [1.165, 1.54) is 23.1 Å². The number of imidazole rings is 1. The van der Waals surface area contributed by atoms with E-state index in [2.05, 4.69) is 20.8 Å². The van der Waals surface area contributed by atoms with Crippen LogP contribution in [-0.4, -0.2) is 27.5 Å². The lowest BCUT2D eigenvalue weighted by atomic mass is 10.3. The smallest absolute Gasteiger partial charge is 0.279 e. The number of para-hydroxylation sites is 2. The van der Waals surface area contributed by atoms with Gasteiger partial charge in [0.25, 0.3) is 5.91 Å². The van der Waals surface area contributed by atoms with Crippen molar-refractivity contribution in [2.75, 3.05) is 5.75 Å². The summed E-state index contributed by atoms with van der Waals surface area (Å²) >= 11 is 2.59. The second-order valence-electron chi connectivity index (χ2n) is 4.33. The molecule has 6 nitrogen and oxygen atoms in total. The van der Waals surface area contributed by atoms with Gasteiger partial charge in [0.15, 0.2) is 5.16 Å². The fourth-order valence-corrected chi connectivity index (χ4v) is 3.07. The molecule has 112 valence electrons. The van der Waals surface area contributed by atoms with E-state index in [1.54, 1.807) is 17.5 Å². The van der Waals surface area contributed by atoms with Gasteiger partial charge in [-0.1, -0.05) is 30.0 Å². The van der Waals surface area contributed by atoms with Crippen LogP contribution in [0.2, 0.25) is 0 Å². The Kier molecular flexibility index (Phi) is 4.40. The predicted octanol–water partition coefficient (Wildman–Crippen LogP) is 2.18. The van der Waals surface area contributed by atoms with Crippen molar-refractivity contribution in [2.45, 2.75) is 5.16 Å². The van der Waals surface area contributed by atoms with Gasteiger partial charge in [0.05, 0.1) is 21.7 Å². The minimum absolute atomic E-state index is 0.157. The Morgan fingerprint density at radius 2 is 2.05 bits per heavy atom.